The maximum absolute atomic E-state index is 11.1. The molecule has 3 N–H and O–H groups in total. The van der Waals surface area contributed by atoms with Gasteiger partial charge in [0, 0.05) is 30.2 Å². The molecular weight excluding hydrogens is 358 g/mol. The number of ether oxygens (including phenoxy) is 1. The van der Waals surface area contributed by atoms with Crippen LogP contribution in [0.3, 0.4) is 0 Å². The normalized spacial score (nSPS) is 10.5. The number of pyridine rings is 1. The number of methoxy groups -OCH3 is 1. The zero-order valence-corrected chi connectivity index (χ0v) is 15.4. The first-order chi connectivity index (χ1) is 13.6. The lowest BCUT2D eigenvalue weighted by molar-refractivity contribution is -0.109. The number of fused-ring (bicyclic) bond motifs is 1. The molecule has 3 aromatic rings. The van der Waals surface area contributed by atoms with Crippen molar-refractivity contribution < 1.29 is 19.4 Å². The Morgan fingerprint density at radius 1 is 1.14 bits per heavy atom. The monoisotopic (exact) mass is 379 g/mol. The second kappa shape index (κ2) is 8.85. The maximum atomic E-state index is 11.1. The van der Waals surface area contributed by atoms with E-state index in [-0.39, 0.29) is 5.56 Å². The van der Waals surface area contributed by atoms with Gasteiger partial charge in [0.15, 0.2) is 0 Å². The van der Waals surface area contributed by atoms with Gasteiger partial charge in [-0.05, 0) is 47.7 Å². The number of anilines is 1. The molecule has 0 saturated carbocycles. The molecule has 1 aromatic heterocycles. The summed E-state index contributed by atoms with van der Waals surface area (Å²) < 4.78 is 5.37. The van der Waals surface area contributed by atoms with Crippen LogP contribution in [0.1, 0.15) is 16.8 Å². The summed E-state index contributed by atoms with van der Waals surface area (Å²) in [6.07, 6.45) is 3.23. The first kappa shape index (κ1) is 19.2. The van der Waals surface area contributed by atoms with E-state index in [1.165, 1.54) is 0 Å². The fraction of sp³-hybridized carbons (Fsp3) is 0.190. The number of carbonyl (C=O) groups excluding carboxylic acids is 1. The average Bonchev–Trinajstić information content (AvgIpc) is 2.73. The summed E-state index contributed by atoms with van der Waals surface area (Å²) in [6.45, 7) is 1.26. The van der Waals surface area contributed by atoms with Gasteiger partial charge in [-0.1, -0.05) is 12.1 Å². The number of carboxylic acid groups (broad SMARTS) is 1. The maximum Gasteiger partial charge on any atom is 0.335 e. The van der Waals surface area contributed by atoms with E-state index in [2.05, 4.69) is 15.6 Å². The number of amides is 1. The largest absolute Gasteiger partial charge is 0.497 e. The van der Waals surface area contributed by atoms with Crippen LogP contribution in [0.5, 0.6) is 5.75 Å². The summed E-state index contributed by atoms with van der Waals surface area (Å²) in [6, 6.07) is 12.5. The Kier molecular flexibility index (Phi) is 6.06. The number of aromatic carboxylic acids is 1. The van der Waals surface area contributed by atoms with Crippen LogP contribution in [0.4, 0.5) is 5.82 Å². The molecular formula is C21H21N3O4. The molecule has 0 aliphatic heterocycles. The van der Waals surface area contributed by atoms with E-state index >= 15 is 0 Å². The molecule has 144 valence electrons. The van der Waals surface area contributed by atoms with E-state index in [9.17, 15) is 9.59 Å². The zero-order valence-electron chi connectivity index (χ0n) is 15.4. The van der Waals surface area contributed by atoms with Crippen LogP contribution in [0.2, 0.25) is 0 Å². The Labute approximate surface area is 162 Å². The highest BCUT2D eigenvalue weighted by Gasteiger charge is 2.11. The van der Waals surface area contributed by atoms with E-state index in [4.69, 9.17) is 9.84 Å². The van der Waals surface area contributed by atoms with Crippen molar-refractivity contribution in [1.29, 1.82) is 0 Å². The quantitative estimate of drug-likeness (QED) is 0.390. The smallest absolute Gasteiger partial charge is 0.335 e. The van der Waals surface area contributed by atoms with Crippen LogP contribution < -0.4 is 15.4 Å². The van der Waals surface area contributed by atoms with Gasteiger partial charge in [-0.2, -0.15) is 0 Å². The molecule has 1 amide bonds. The van der Waals surface area contributed by atoms with E-state index in [0.717, 1.165) is 39.9 Å². The number of aromatic nitrogens is 1. The number of rotatable bonds is 9. The van der Waals surface area contributed by atoms with Crippen LogP contribution in [0.25, 0.3) is 21.9 Å². The van der Waals surface area contributed by atoms with Crippen LogP contribution in [-0.4, -0.2) is 42.7 Å². The van der Waals surface area contributed by atoms with E-state index < -0.39 is 5.97 Å². The van der Waals surface area contributed by atoms with Gasteiger partial charge in [-0.15, -0.1) is 0 Å². The van der Waals surface area contributed by atoms with Gasteiger partial charge in [0.05, 0.1) is 12.7 Å². The summed E-state index contributed by atoms with van der Waals surface area (Å²) in [5, 5.41) is 16.9. The Balaban J connectivity index is 1.97. The van der Waals surface area contributed by atoms with Crippen LogP contribution in [0.15, 0.2) is 48.7 Å². The average molecular weight is 379 g/mol. The topological polar surface area (TPSA) is 101 Å². The van der Waals surface area contributed by atoms with E-state index in [1.54, 1.807) is 37.6 Å². The van der Waals surface area contributed by atoms with Crippen molar-refractivity contribution in [2.24, 2.45) is 0 Å². The molecule has 0 aliphatic rings. The first-order valence-corrected chi connectivity index (χ1v) is 8.85. The second-order valence-electron chi connectivity index (χ2n) is 6.17. The SMILES string of the molecule is COc1ccc2c(NCCCNC=O)ncc(-c3ccc(C(=O)O)cc3)c2c1. The Morgan fingerprint density at radius 3 is 2.61 bits per heavy atom. The lowest BCUT2D eigenvalue weighted by Crippen LogP contribution is -2.16. The first-order valence-electron chi connectivity index (χ1n) is 8.85. The van der Waals surface area contributed by atoms with Crippen LogP contribution in [0, 0.1) is 0 Å². The minimum absolute atomic E-state index is 0.237. The van der Waals surface area contributed by atoms with Crippen molar-refractivity contribution in [1.82, 2.24) is 10.3 Å². The minimum Gasteiger partial charge on any atom is -0.497 e. The van der Waals surface area contributed by atoms with Gasteiger partial charge < -0.3 is 20.5 Å². The molecule has 0 saturated heterocycles. The van der Waals surface area contributed by atoms with Crippen molar-refractivity contribution in [3.05, 3.63) is 54.2 Å². The fourth-order valence-electron chi connectivity index (χ4n) is 2.97. The van der Waals surface area contributed by atoms with Crippen LogP contribution in [-0.2, 0) is 4.79 Å². The Hall–Kier alpha value is -3.61. The number of carbonyl (C=O) groups is 2. The van der Waals surface area contributed by atoms with E-state index in [0.29, 0.717) is 19.5 Å². The molecule has 2 aromatic carbocycles. The molecule has 3 rings (SSSR count). The number of hydrogen-bond donors (Lipinski definition) is 3. The van der Waals surface area contributed by atoms with Gasteiger partial charge >= 0.3 is 5.97 Å². The predicted molar refractivity (Wildman–Crippen MR) is 108 cm³/mol. The third-order valence-electron chi connectivity index (χ3n) is 4.41. The number of carboxylic acids is 1. The summed E-state index contributed by atoms with van der Waals surface area (Å²) >= 11 is 0. The number of benzene rings is 2. The third-order valence-corrected chi connectivity index (χ3v) is 4.41. The molecule has 0 atom stereocenters. The van der Waals surface area contributed by atoms with Gasteiger partial charge in [0.2, 0.25) is 6.41 Å². The number of nitrogens with zero attached hydrogens (tertiary/aromatic N) is 1. The molecule has 1 heterocycles. The van der Waals surface area contributed by atoms with Crippen molar-refractivity contribution >= 4 is 29.0 Å². The fourth-order valence-corrected chi connectivity index (χ4v) is 2.97. The molecule has 0 spiro atoms. The minimum atomic E-state index is -0.959. The van der Waals surface area contributed by atoms with Gasteiger partial charge in [0.25, 0.3) is 0 Å². The van der Waals surface area contributed by atoms with E-state index in [1.807, 2.05) is 18.2 Å². The van der Waals surface area contributed by atoms with Crippen molar-refractivity contribution in [3.63, 3.8) is 0 Å². The molecule has 28 heavy (non-hydrogen) atoms. The molecule has 0 bridgehead atoms. The molecule has 7 nitrogen and oxygen atoms in total. The summed E-state index contributed by atoms with van der Waals surface area (Å²) in [7, 11) is 1.61. The van der Waals surface area contributed by atoms with Crippen molar-refractivity contribution in [2.75, 3.05) is 25.5 Å². The lowest BCUT2D eigenvalue weighted by Gasteiger charge is -2.13. The summed E-state index contributed by atoms with van der Waals surface area (Å²) in [4.78, 5) is 26.0. The lowest BCUT2D eigenvalue weighted by atomic mass is 9.99. The Bertz CT molecular complexity index is 987. The summed E-state index contributed by atoms with van der Waals surface area (Å²) in [5.41, 5.74) is 2.00. The van der Waals surface area contributed by atoms with Crippen molar-refractivity contribution in [2.45, 2.75) is 6.42 Å². The summed E-state index contributed by atoms with van der Waals surface area (Å²) in [5.74, 6) is 0.512. The molecule has 0 radical (unpaired) electrons. The highest BCUT2D eigenvalue weighted by molar-refractivity contribution is 6.02. The number of nitrogens with one attached hydrogen (secondary N) is 2. The standard InChI is InChI=1S/C21H21N3O4/c1-28-16-7-8-17-18(11-16)19(14-3-5-15(6-4-14)21(26)27)12-24-20(17)23-10-2-9-22-13-25/h3-8,11-13H,2,9-10H2,1H3,(H,22,25)(H,23,24)(H,26,27). The molecule has 0 unspecified atom stereocenters. The molecule has 0 aliphatic carbocycles. The van der Waals surface area contributed by atoms with Gasteiger partial charge in [-0.3, -0.25) is 4.79 Å². The highest BCUT2D eigenvalue weighted by Crippen LogP contribution is 2.34. The Morgan fingerprint density at radius 2 is 1.93 bits per heavy atom. The van der Waals surface area contributed by atoms with Gasteiger partial charge in [0.1, 0.15) is 11.6 Å². The molecule has 7 heteroatoms. The number of hydrogen-bond acceptors (Lipinski definition) is 5. The van der Waals surface area contributed by atoms with Gasteiger partial charge in [-0.25, -0.2) is 9.78 Å². The molecule has 0 fully saturated rings. The zero-order chi connectivity index (χ0) is 19.9. The predicted octanol–water partition coefficient (Wildman–Crippen LogP) is 3.16. The second-order valence-corrected chi connectivity index (χ2v) is 6.17. The third kappa shape index (κ3) is 4.20. The van der Waals surface area contributed by atoms with Crippen molar-refractivity contribution in [3.8, 4) is 16.9 Å². The highest BCUT2D eigenvalue weighted by atomic mass is 16.5. The van der Waals surface area contributed by atoms with Crippen LogP contribution >= 0.6 is 0 Å².